The number of hydrogen-bond acceptors (Lipinski definition) is 7. The molecule has 0 radical (unpaired) electrons. The van der Waals surface area contributed by atoms with Crippen molar-refractivity contribution in [1.82, 2.24) is 0 Å². The Morgan fingerprint density at radius 2 is 1.49 bits per heavy atom. The average Bonchev–Trinajstić information content (AvgIpc) is 2.97. The molecular weight excluding hydrogens is 541 g/mol. The molecule has 0 aliphatic rings. The Kier molecular flexibility index (Phi) is 10.3. The fourth-order valence-electron chi connectivity index (χ4n) is 4.02. The molecule has 0 aliphatic carbocycles. The summed E-state index contributed by atoms with van der Waals surface area (Å²) < 4.78 is 56.7. The SMILES string of the molecule is C=CC(=O)Nc1ccc(NC(C(=O)OCC)C(OCc2ccccc2)(C(=O)OC)c2ccc(C(F)(F)F)cc2)cc1. The monoisotopic (exact) mass is 570 g/mol. The van der Waals surface area contributed by atoms with Gasteiger partial charge >= 0.3 is 18.1 Å². The van der Waals surface area contributed by atoms with Crippen molar-refractivity contribution in [2.24, 2.45) is 0 Å². The minimum Gasteiger partial charge on any atom is -0.467 e. The Morgan fingerprint density at radius 1 is 0.902 bits per heavy atom. The number of rotatable bonds is 12. The molecule has 11 heteroatoms. The summed E-state index contributed by atoms with van der Waals surface area (Å²) in [5.74, 6) is -2.40. The highest BCUT2D eigenvalue weighted by atomic mass is 19.4. The van der Waals surface area contributed by atoms with Gasteiger partial charge in [0.15, 0.2) is 6.04 Å². The van der Waals surface area contributed by atoms with E-state index in [0.717, 1.165) is 37.5 Å². The third kappa shape index (κ3) is 7.52. The van der Waals surface area contributed by atoms with Gasteiger partial charge in [0.05, 0.1) is 25.9 Å². The van der Waals surface area contributed by atoms with Crippen LogP contribution in [0.25, 0.3) is 0 Å². The van der Waals surface area contributed by atoms with Crippen LogP contribution in [0.2, 0.25) is 0 Å². The van der Waals surface area contributed by atoms with Crippen LogP contribution in [0, 0.1) is 0 Å². The van der Waals surface area contributed by atoms with Crippen LogP contribution in [0.5, 0.6) is 0 Å². The molecule has 0 fully saturated rings. The molecule has 0 spiro atoms. The third-order valence-electron chi connectivity index (χ3n) is 6.02. The third-order valence-corrected chi connectivity index (χ3v) is 6.02. The number of anilines is 2. The van der Waals surface area contributed by atoms with Crippen molar-refractivity contribution in [3.05, 3.63) is 108 Å². The maximum atomic E-state index is 13.6. The van der Waals surface area contributed by atoms with E-state index in [-0.39, 0.29) is 18.8 Å². The lowest BCUT2D eigenvalue weighted by atomic mass is 9.84. The Hall–Kier alpha value is -4.64. The van der Waals surface area contributed by atoms with Crippen molar-refractivity contribution in [1.29, 1.82) is 0 Å². The lowest BCUT2D eigenvalue weighted by Crippen LogP contribution is -2.57. The minimum absolute atomic E-state index is 0.0630. The van der Waals surface area contributed by atoms with Gasteiger partial charge in [-0.3, -0.25) is 4.79 Å². The topological polar surface area (TPSA) is 103 Å². The first-order valence-corrected chi connectivity index (χ1v) is 12.5. The van der Waals surface area contributed by atoms with Crippen LogP contribution in [0.1, 0.15) is 23.6 Å². The van der Waals surface area contributed by atoms with Gasteiger partial charge < -0.3 is 24.8 Å². The van der Waals surface area contributed by atoms with E-state index in [1.807, 2.05) is 0 Å². The molecule has 2 atom stereocenters. The Bertz CT molecular complexity index is 1350. The molecule has 0 saturated carbocycles. The zero-order valence-corrected chi connectivity index (χ0v) is 22.4. The summed E-state index contributed by atoms with van der Waals surface area (Å²) in [6, 6.07) is 16.9. The molecule has 0 aliphatic heterocycles. The number of methoxy groups -OCH3 is 1. The molecule has 0 aromatic heterocycles. The first-order valence-electron chi connectivity index (χ1n) is 12.5. The van der Waals surface area contributed by atoms with Gasteiger partial charge in [0.2, 0.25) is 11.5 Å². The average molecular weight is 571 g/mol. The van der Waals surface area contributed by atoms with Crippen molar-refractivity contribution in [2.75, 3.05) is 24.4 Å². The number of alkyl halides is 3. The summed E-state index contributed by atoms with van der Waals surface area (Å²) >= 11 is 0. The van der Waals surface area contributed by atoms with E-state index in [1.165, 1.54) is 24.3 Å². The lowest BCUT2D eigenvalue weighted by molar-refractivity contribution is -0.183. The maximum Gasteiger partial charge on any atom is 0.416 e. The molecule has 216 valence electrons. The van der Waals surface area contributed by atoms with E-state index < -0.39 is 41.2 Å². The molecular formula is C30H29F3N2O6. The Morgan fingerprint density at radius 3 is 2.02 bits per heavy atom. The lowest BCUT2D eigenvalue weighted by Gasteiger charge is -2.38. The van der Waals surface area contributed by atoms with Gasteiger partial charge in [-0.25, -0.2) is 9.59 Å². The number of carbonyl (C=O) groups excluding carboxylic acids is 3. The molecule has 3 aromatic rings. The number of benzene rings is 3. The van der Waals surface area contributed by atoms with E-state index in [1.54, 1.807) is 37.3 Å². The highest BCUT2D eigenvalue weighted by molar-refractivity contribution is 5.99. The molecule has 0 heterocycles. The van der Waals surface area contributed by atoms with Crippen molar-refractivity contribution in [3.8, 4) is 0 Å². The standard InChI is InChI=1S/C30H29F3N2O6/c1-4-25(36)34-23-15-17-24(18-16-23)35-26(27(37)40-5-2)29(28(38)39-3,41-19-20-9-7-6-8-10-20)21-11-13-22(14-12-21)30(31,32)33/h4,6-18,26,35H,1,5,19H2,2-3H3,(H,34,36). The quantitative estimate of drug-likeness (QED) is 0.220. The minimum atomic E-state index is -4.64. The predicted octanol–water partition coefficient (Wildman–Crippen LogP) is 5.46. The van der Waals surface area contributed by atoms with Crippen LogP contribution in [-0.2, 0) is 47.0 Å². The van der Waals surface area contributed by atoms with Crippen LogP contribution in [0.3, 0.4) is 0 Å². The molecule has 41 heavy (non-hydrogen) atoms. The van der Waals surface area contributed by atoms with E-state index in [4.69, 9.17) is 14.2 Å². The van der Waals surface area contributed by atoms with Crippen molar-refractivity contribution < 1.29 is 41.8 Å². The molecule has 3 aromatic carbocycles. The number of hydrogen-bond donors (Lipinski definition) is 2. The van der Waals surface area contributed by atoms with Crippen LogP contribution >= 0.6 is 0 Å². The van der Waals surface area contributed by atoms with Gasteiger partial charge in [0.1, 0.15) is 0 Å². The van der Waals surface area contributed by atoms with Gasteiger partial charge in [0, 0.05) is 11.4 Å². The van der Waals surface area contributed by atoms with Crippen molar-refractivity contribution in [3.63, 3.8) is 0 Å². The zero-order valence-electron chi connectivity index (χ0n) is 22.4. The molecule has 0 bridgehead atoms. The van der Waals surface area contributed by atoms with Gasteiger partial charge in [-0.1, -0.05) is 49.0 Å². The highest BCUT2D eigenvalue weighted by Gasteiger charge is 2.54. The number of halogens is 3. The second-order valence-corrected chi connectivity index (χ2v) is 8.68. The second kappa shape index (κ2) is 13.6. The maximum absolute atomic E-state index is 13.6. The number of carbonyl (C=O) groups is 3. The highest BCUT2D eigenvalue weighted by Crippen LogP contribution is 2.38. The Labute approximate surface area is 235 Å². The van der Waals surface area contributed by atoms with Crippen molar-refractivity contribution in [2.45, 2.75) is 31.3 Å². The smallest absolute Gasteiger partial charge is 0.416 e. The van der Waals surface area contributed by atoms with Crippen LogP contribution in [-0.4, -0.2) is 37.6 Å². The van der Waals surface area contributed by atoms with Crippen LogP contribution in [0.15, 0.2) is 91.5 Å². The van der Waals surface area contributed by atoms with Gasteiger partial charge in [-0.05, 0) is 60.5 Å². The normalized spacial score (nSPS) is 13.3. The van der Waals surface area contributed by atoms with Gasteiger partial charge in [-0.15, -0.1) is 0 Å². The van der Waals surface area contributed by atoms with Crippen LogP contribution < -0.4 is 10.6 Å². The van der Waals surface area contributed by atoms with Crippen molar-refractivity contribution >= 4 is 29.2 Å². The summed E-state index contributed by atoms with van der Waals surface area (Å²) in [6.07, 6.45) is -3.54. The predicted molar refractivity (Wildman–Crippen MR) is 146 cm³/mol. The summed E-state index contributed by atoms with van der Waals surface area (Å²) in [4.78, 5) is 38.7. The van der Waals surface area contributed by atoms with Crippen LogP contribution in [0.4, 0.5) is 24.5 Å². The number of nitrogens with one attached hydrogen (secondary N) is 2. The number of esters is 2. The Balaban J connectivity index is 2.16. The van der Waals surface area contributed by atoms with E-state index in [0.29, 0.717) is 16.9 Å². The second-order valence-electron chi connectivity index (χ2n) is 8.68. The molecule has 8 nitrogen and oxygen atoms in total. The van der Waals surface area contributed by atoms with E-state index >= 15 is 0 Å². The fraction of sp³-hybridized carbons (Fsp3) is 0.233. The first kappa shape index (κ1) is 30.9. The summed E-state index contributed by atoms with van der Waals surface area (Å²) in [5.41, 5.74) is -1.97. The summed E-state index contributed by atoms with van der Waals surface area (Å²) in [6.45, 7) is 4.69. The van der Waals surface area contributed by atoms with E-state index in [9.17, 15) is 27.6 Å². The molecule has 1 amide bonds. The first-order chi connectivity index (χ1) is 19.5. The summed E-state index contributed by atoms with van der Waals surface area (Å²) in [5, 5.41) is 5.53. The number of amides is 1. The van der Waals surface area contributed by atoms with E-state index in [2.05, 4.69) is 17.2 Å². The number of ether oxygens (including phenoxy) is 3. The molecule has 3 rings (SSSR count). The molecule has 0 saturated heterocycles. The zero-order chi connectivity index (χ0) is 30.0. The van der Waals surface area contributed by atoms with Gasteiger partial charge in [0.25, 0.3) is 0 Å². The van der Waals surface area contributed by atoms with Gasteiger partial charge in [-0.2, -0.15) is 13.2 Å². The molecule has 2 unspecified atom stereocenters. The fourth-order valence-corrected chi connectivity index (χ4v) is 4.02. The molecule has 2 N–H and O–H groups in total. The largest absolute Gasteiger partial charge is 0.467 e. The summed E-state index contributed by atoms with van der Waals surface area (Å²) in [7, 11) is 1.08.